The van der Waals surface area contributed by atoms with Crippen molar-refractivity contribution in [2.45, 2.75) is 25.9 Å². The van der Waals surface area contributed by atoms with Crippen LogP contribution in [0.15, 0.2) is 6.20 Å². The Bertz CT molecular complexity index is 634. The molecule has 22 heavy (non-hydrogen) atoms. The minimum atomic E-state index is 0.281. The molecule has 1 aliphatic rings. The van der Waals surface area contributed by atoms with E-state index in [0.29, 0.717) is 18.3 Å². The Labute approximate surface area is 129 Å². The number of aliphatic hydroxyl groups excluding tert-OH is 1. The minimum absolute atomic E-state index is 0.281. The average Bonchev–Trinajstić information content (AvgIpc) is 2.90. The van der Waals surface area contributed by atoms with E-state index in [9.17, 15) is 0 Å². The number of ether oxygens (including phenoxy) is 1. The number of anilines is 1. The van der Waals surface area contributed by atoms with Gasteiger partial charge in [-0.3, -0.25) is 4.68 Å². The highest BCUT2D eigenvalue weighted by Crippen LogP contribution is 2.28. The van der Waals surface area contributed by atoms with Gasteiger partial charge in [-0.15, -0.1) is 0 Å². The predicted molar refractivity (Wildman–Crippen MR) is 83.7 cm³/mol. The lowest BCUT2D eigenvalue weighted by atomic mass is 9.94. The second kappa shape index (κ2) is 6.58. The number of aromatic nitrogens is 4. The van der Waals surface area contributed by atoms with Gasteiger partial charge in [-0.1, -0.05) is 0 Å². The molecule has 7 nitrogen and oxygen atoms in total. The highest BCUT2D eigenvalue weighted by molar-refractivity contribution is 5.87. The lowest BCUT2D eigenvalue weighted by Gasteiger charge is -2.33. The highest BCUT2D eigenvalue weighted by Gasteiger charge is 2.23. The number of methoxy groups -OCH3 is 1. The molecule has 1 aliphatic heterocycles. The van der Waals surface area contributed by atoms with Crippen LogP contribution in [0, 0.1) is 5.92 Å². The number of piperidine rings is 1. The van der Waals surface area contributed by atoms with Crippen LogP contribution < -0.4 is 4.90 Å². The van der Waals surface area contributed by atoms with Crippen LogP contribution in [-0.4, -0.2) is 51.7 Å². The summed E-state index contributed by atoms with van der Waals surface area (Å²) in [6.07, 6.45) is 4.91. The summed E-state index contributed by atoms with van der Waals surface area (Å²) in [5.74, 6) is 2.25. The number of aryl methyl sites for hydroxylation is 1. The first-order valence-electron chi connectivity index (χ1n) is 7.76. The van der Waals surface area contributed by atoms with Gasteiger partial charge in [0.05, 0.1) is 11.6 Å². The van der Waals surface area contributed by atoms with Crippen LogP contribution in [0.4, 0.5) is 5.82 Å². The Hall–Kier alpha value is -1.73. The van der Waals surface area contributed by atoms with E-state index in [-0.39, 0.29) is 6.61 Å². The van der Waals surface area contributed by atoms with Crippen molar-refractivity contribution < 1.29 is 9.84 Å². The maximum atomic E-state index is 9.08. The summed E-state index contributed by atoms with van der Waals surface area (Å²) in [6.45, 7) is 2.59. The van der Waals surface area contributed by atoms with Gasteiger partial charge >= 0.3 is 0 Å². The van der Waals surface area contributed by atoms with E-state index in [1.165, 1.54) is 0 Å². The Morgan fingerprint density at radius 2 is 2.09 bits per heavy atom. The Kier molecular flexibility index (Phi) is 4.54. The molecular weight excluding hydrogens is 282 g/mol. The third-order valence-electron chi connectivity index (χ3n) is 4.34. The van der Waals surface area contributed by atoms with Gasteiger partial charge in [0.25, 0.3) is 0 Å². The molecule has 0 radical (unpaired) electrons. The molecule has 1 saturated heterocycles. The molecule has 120 valence electrons. The van der Waals surface area contributed by atoms with Crippen molar-refractivity contribution in [3.8, 4) is 0 Å². The van der Waals surface area contributed by atoms with Gasteiger partial charge in [-0.2, -0.15) is 5.10 Å². The van der Waals surface area contributed by atoms with E-state index in [0.717, 1.165) is 49.2 Å². The first-order valence-corrected chi connectivity index (χ1v) is 7.76. The zero-order valence-electron chi connectivity index (χ0n) is 13.2. The zero-order chi connectivity index (χ0) is 15.5. The van der Waals surface area contributed by atoms with Crippen molar-refractivity contribution in [1.82, 2.24) is 19.7 Å². The number of rotatable bonds is 5. The lowest BCUT2D eigenvalue weighted by Crippen LogP contribution is -2.34. The molecule has 0 aliphatic carbocycles. The van der Waals surface area contributed by atoms with E-state index >= 15 is 0 Å². The smallest absolute Gasteiger partial charge is 0.163 e. The van der Waals surface area contributed by atoms with Crippen LogP contribution in [0.25, 0.3) is 11.0 Å². The normalized spacial score (nSPS) is 16.6. The van der Waals surface area contributed by atoms with Crippen LogP contribution >= 0.6 is 0 Å². The topological polar surface area (TPSA) is 76.3 Å². The summed E-state index contributed by atoms with van der Waals surface area (Å²) >= 11 is 0. The highest BCUT2D eigenvalue weighted by atomic mass is 16.5. The molecule has 2 aromatic rings. The first kappa shape index (κ1) is 15.2. The molecule has 0 unspecified atom stereocenters. The molecular formula is C15H23N5O2. The fourth-order valence-corrected chi connectivity index (χ4v) is 3.10. The number of hydrogen-bond acceptors (Lipinski definition) is 6. The van der Waals surface area contributed by atoms with E-state index in [2.05, 4.69) is 20.0 Å². The van der Waals surface area contributed by atoms with Crippen LogP contribution in [0.3, 0.4) is 0 Å². The van der Waals surface area contributed by atoms with Crippen molar-refractivity contribution in [3.05, 3.63) is 12.0 Å². The van der Waals surface area contributed by atoms with Crippen LogP contribution in [-0.2, 0) is 18.4 Å². The molecule has 0 saturated carbocycles. The second-order valence-electron chi connectivity index (χ2n) is 5.84. The van der Waals surface area contributed by atoms with Crippen LogP contribution in [0.2, 0.25) is 0 Å². The molecule has 3 rings (SSSR count). The van der Waals surface area contributed by atoms with E-state index < -0.39 is 0 Å². The number of hydrogen-bond donors (Lipinski definition) is 1. The van der Waals surface area contributed by atoms with Crippen LogP contribution in [0.1, 0.15) is 25.1 Å². The summed E-state index contributed by atoms with van der Waals surface area (Å²) in [6, 6.07) is 0. The molecule has 0 bridgehead atoms. The summed E-state index contributed by atoms with van der Waals surface area (Å²) in [5.41, 5.74) is 0.842. The van der Waals surface area contributed by atoms with Crippen molar-refractivity contribution in [3.63, 3.8) is 0 Å². The van der Waals surface area contributed by atoms with E-state index in [1.54, 1.807) is 11.8 Å². The third-order valence-corrected chi connectivity index (χ3v) is 4.34. The van der Waals surface area contributed by atoms with E-state index in [4.69, 9.17) is 9.84 Å². The van der Waals surface area contributed by atoms with Gasteiger partial charge in [-0.25, -0.2) is 9.97 Å². The van der Waals surface area contributed by atoms with Crippen molar-refractivity contribution in [1.29, 1.82) is 0 Å². The minimum Gasteiger partial charge on any atom is -0.396 e. The maximum absolute atomic E-state index is 9.08. The maximum Gasteiger partial charge on any atom is 0.163 e. The second-order valence-corrected chi connectivity index (χ2v) is 5.84. The molecule has 0 spiro atoms. The largest absolute Gasteiger partial charge is 0.396 e. The van der Waals surface area contributed by atoms with Gasteiger partial charge in [-0.05, 0) is 25.2 Å². The Balaban J connectivity index is 1.89. The number of nitrogens with zero attached hydrogens (tertiary/aromatic N) is 5. The van der Waals surface area contributed by atoms with Crippen molar-refractivity contribution in [2.75, 3.05) is 31.7 Å². The summed E-state index contributed by atoms with van der Waals surface area (Å²) in [7, 11) is 3.54. The van der Waals surface area contributed by atoms with Gasteiger partial charge in [0.2, 0.25) is 0 Å². The monoisotopic (exact) mass is 305 g/mol. The predicted octanol–water partition coefficient (Wildman–Crippen LogP) is 1.11. The number of fused-ring (bicyclic) bond motifs is 1. The Morgan fingerprint density at radius 1 is 1.32 bits per heavy atom. The van der Waals surface area contributed by atoms with Gasteiger partial charge < -0.3 is 14.7 Å². The quantitative estimate of drug-likeness (QED) is 0.892. The SMILES string of the molecule is COCc1nc(N2CCC(CCO)CC2)c2cnn(C)c2n1. The molecule has 7 heteroatoms. The van der Waals surface area contributed by atoms with E-state index in [1.807, 2.05) is 13.2 Å². The Morgan fingerprint density at radius 3 is 2.77 bits per heavy atom. The fraction of sp³-hybridized carbons (Fsp3) is 0.667. The molecule has 0 aromatic carbocycles. The molecule has 0 amide bonds. The molecule has 3 heterocycles. The fourth-order valence-electron chi connectivity index (χ4n) is 3.10. The molecule has 0 atom stereocenters. The van der Waals surface area contributed by atoms with Crippen molar-refractivity contribution in [2.24, 2.45) is 13.0 Å². The summed E-state index contributed by atoms with van der Waals surface area (Å²) in [4.78, 5) is 11.5. The van der Waals surface area contributed by atoms with Gasteiger partial charge in [0, 0.05) is 33.9 Å². The lowest BCUT2D eigenvalue weighted by molar-refractivity contribution is 0.178. The third kappa shape index (κ3) is 2.91. The standard InChI is InChI=1S/C15H23N5O2/c1-19-14-12(9-16-19)15(18-13(17-14)10-22-2)20-6-3-11(4-7-20)5-8-21/h9,11,21H,3-8,10H2,1-2H3. The first-order chi connectivity index (χ1) is 10.7. The summed E-state index contributed by atoms with van der Waals surface area (Å²) in [5, 5.41) is 14.4. The average molecular weight is 305 g/mol. The molecule has 2 aromatic heterocycles. The van der Waals surface area contributed by atoms with Crippen LogP contribution in [0.5, 0.6) is 0 Å². The van der Waals surface area contributed by atoms with Crippen molar-refractivity contribution >= 4 is 16.9 Å². The number of aliphatic hydroxyl groups is 1. The van der Waals surface area contributed by atoms with Gasteiger partial charge in [0.15, 0.2) is 11.5 Å². The molecule has 1 fully saturated rings. The summed E-state index contributed by atoms with van der Waals surface area (Å²) < 4.78 is 6.96. The molecule has 1 N–H and O–H groups in total. The zero-order valence-corrected chi connectivity index (χ0v) is 13.2. The van der Waals surface area contributed by atoms with Gasteiger partial charge in [0.1, 0.15) is 12.4 Å².